The molecule has 2 aliphatic rings. The first-order valence-corrected chi connectivity index (χ1v) is 10.8. The lowest BCUT2D eigenvalue weighted by molar-refractivity contribution is -0.119. The molecule has 0 aromatic carbocycles. The highest BCUT2D eigenvalue weighted by Gasteiger charge is 2.29. The first kappa shape index (κ1) is 19.3. The van der Waals surface area contributed by atoms with Crippen LogP contribution in [0.25, 0.3) is 22.0 Å². The van der Waals surface area contributed by atoms with E-state index in [0.717, 1.165) is 73.3 Å². The van der Waals surface area contributed by atoms with Gasteiger partial charge in [0.15, 0.2) is 0 Å². The topological polar surface area (TPSA) is 62.2 Å². The molecule has 1 saturated carbocycles. The molecule has 4 heterocycles. The minimum absolute atomic E-state index is 0.268. The molecular weight excluding hydrogens is 374 g/mol. The van der Waals surface area contributed by atoms with Crippen molar-refractivity contribution in [1.29, 1.82) is 0 Å². The van der Waals surface area contributed by atoms with Gasteiger partial charge in [0.1, 0.15) is 5.78 Å². The van der Waals surface area contributed by atoms with Gasteiger partial charge in [-0.05, 0) is 49.0 Å². The number of fused-ring (bicyclic) bond motifs is 1. The molecule has 1 aliphatic carbocycles. The second-order valence-corrected chi connectivity index (χ2v) is 8.67. The maximum atomic E-state index is 12.2. The first-order valence-electron chi connectivity index (χ1n) is 10.8. The minimum atomic E-state index is 0.268. The zero-order valence-corrected chi connectivity index (χ0v) is 17.4. The number of nitrogens with zero attached hydrogens (tertiary/aromatic N) is 5. The molecule has 6 nitrogen and oxygen atoms in total. The minimum Gasteiger partial charge on any atom is -0.304 e. The number of rotatable bonds is 6. The SMILES string of the molecule is CN1CCN(Cc2cncc(-c3cc4cc(CC(=O)C5CC5)ncc4cn3)c2)CC1. The molecule has 3 aromatic rings. The number of hydrogen-bond acceptors (Lipinski definition) is 6. The van der Waals surface area contributed by atoms with Crippen LogP contribution >= 0.6 is 0 Å². The molecule has 0 atom stereocenters. The Labute approximate surface area is 177 Å². The van der Waals surface area contributed by atoms with E-state index in [0.29, 0.717) is 12.2 Å². The molecule has 0 unspecified atom stereocenters. The normalized spacial score (nSPS) is 18.0. The van der Waals surface area contributed by atoms with E-state index in [-0.39, 0.29) is 5.92 Å². The van der Waals surface area contributed by atoms with Gasteiger partial charge in [-0.25, -0.2) is 0 Å². The largest absolute Gasteiger partial charge is 0.304 e. The Balaban J connectivity index is 1.36. The quantitative estimate of drug-likeness (QED) is 0.633. The maximum Gasteiger partial charge on any atom is 0.141 e. The van der Waals surface area contributed by atoms with E-state index in [1.54, 1.807) is 0 Å². The summed E-state index contributed by atoms with van der Waals surface area (Å²) in [5, 5.41) is 2.06. The van der Waals surface area contributed by atoms with Crippen molar-refractivity contribution in [2.24, 2.45) is 5.92 Å². The summed E-state index contributed by atoms with van der Waals surface area (Å²) in [7, 11) is 2.17. The van der Waals surface area contributed by atoms with E-state index < -0.39 is 0 Å². The molecule has 1 saturated heterocycles. The fourth-order valence-electron chi connectivity index (χ4n) is 4.04. The van der Waals surface area contributed by atoms with E-state index >= 15 is 0 Å². The number of pyridine rings is 3. The summed E-state index contributed by atoms with van der Waals surface area (Å²) in [6, 6.07) is 6.30. The summed E-state index contributed by atoms with van der Waals surface area (Å²) in [5.74, 6) is 0.585. The van der Waals surface area contributed by atoms with Gasteiger partial charge in [0.05, 0.1) is 5.69 Å². The van der Waals surface area contributed by atoms with Crippen molar-refractivity contribution in [1.82, 2.24) is 24.8 Å². The lowest BCUT2D eigenvalue weighted by Gasteiger charge is -2.32. The van der Waals surface area contributed by atoms with Crippen molar-refractivity contribution >= 4 is 16.6 Å². The van der Waals surface area contributed by atoms with Crippen LogP contribution in [-0.2, 0) is 17.8 Å². The fourth-order valence-corrected chi connectivity index (χ4v) is 4.04. The number of Topliss-reactive ketones (excluding diaryl/α,β-unsaturated/α-hetero) is 1. The van der Waals surface area contributed by atoms with Gasteiger partial charge >= 0.3 is 0 Å². The van der Waals surface area contributed by atoms with Gasteiger partial charge in [0.25, 0.3) is 0 Å². The van der Waals surface area contributed by atoms with Crippen molar-refractivity contribution in [3.8, 4) is 11.3 Å². The van der Waals surface area contributed by atoms with Crippen LogP contribution in [0, 0.1) is 5.92 Å². The predicted molar refractivity (Wildman–Crippen MR) is 117 cm³/mol. The third-order valence-electron chi connectivity index (χ3n) is 6.14. The van der Waals surface area contributed by atoms with Crippen molar-refractivity contribution in [2.75, 3.05) is 33.2 Å². The Bertz CT molecular complexity index is 1070. The average Bonchev–Trinajstić information content (AvgIpc) is 3.61. The second kappa shape index (κ2) is 8.20. The smallest absolute Gasteiger partial charge is 0.141 e. The summed E-state index contributed by atoms with van der Waals surface area (Å²) in [6.45, 7) is 5.31. The Kier molecular flexibility index (Phi) is 5.27. The number of carbonyl (C=O) groups excluding carboxylic acids is 1. The van der Waals surface area contributed by atoms with Crippen LogP contribution < -0.4 is 0 Å². The molecule has 6 heteroatoms. The van der Waals surface area contributed by atoms with Crippen molar-refractivity contribution in [3.63, 3.8) is 0 Å². The van der Waals surface area contributed by atoms with E-state index in [1.165, 1.54) is 5.56 Å². The van der Waals surface area contributed by atoms with E-state index in [4.69, 9.17) is 0 Å². The Hall–Kier alpha value is -2.70. The van der Waals surface area contributed by atoms with Crippen LogP contribution in [0.4, 0.5) is 0 Å². The maximum absolute atomic E-state index is 12.2. The van der Waals surface area contributed by atoms with E-state index in [9.17, 15) is 4.79 Å². The number of piperazine rings is 1. The van der Waals surface area contributed by atoms with Crippen LogP contribution in [0.15, 0.2) is 43.0 Å². The summed E-state index contributed by atoms with van der Waals surface area (Å²) in [5.41, 5.74) is 3.99. The second-order valence-electron chi connectivity index (χ2n) is 8.67. The van der Waals surface area contributed by atoms with Crippen molar-refractivity contribution < 1.29 is 4.79 Å². The Morgan fingerprint density at radius 3 is 2.57 bits per heavy atom. The van der Waals surface area contributed by atoms with Crippen LogP contribution in [0.3, 0.4) is 0 Å². The molecule has 0 amide bonds. The molecule has 5 rings (SSSR count). The van der Waals surface area contributed by atoms with Gasteiger partial charge in [-0.1, -0.05) is 0 Å². The van der Waals surface area contributed by atoms with Crippen LogP contribution in [0.2, 0.25) is 0 Å². The summed E-state index contributed by atoms with van der Waals surface area (Å²) < 4.78 is 0. The molecule has 0 bridgehead atoms. The number of likely N-dealkylation sites (N-methyl/N-ethyl adjacent to an activating group) is 1. The standard InChI is InChI=1S/C24H27N5O/c1-28-4-6-29(7-5-28)16-17-8-20(13-25-12-17)23-10-19-9-22(11-24(30)18-2-3-18)26-14-21(19)15-27-23/h8-10,12-15,18H,2-7,11,16H2,1H3. The highest BCUT2D eigenvalue weighted by atomic mass is 16.1. The third-order valence-corrected chi connectivity index (χ3v) is 6.14. The molecule has 3 aromatic heterocycles. The van der Waals surface area contributed by atoms with Crippen LogP contribution in [0.5, 0.6) is 0 Å². The van der Waals surface area contributed by atoms with Crippen LogP contribution in [-0.4, -0.2) is 63.8 Å². The number of ketones is 1. The van der Waals surface area contributed by atoms with Gasteiger partial charge in [-0.2, -0.15) is 0 Å². The van der Waals surface area contributed by atoms with E-state index in [1.807, 2.05) is 30.9 Å². The number of carbonyl (C=O) groups is 1. The zero-order valence-electron chi connectivity index (χ0n) is 17.4. The molecule has 0 spiro atoms. The number of aromatic nitrogens is 3. The summed E-state index contributed by atoms with van der Waals surface area (Å²) >= 11 is 0. The lowest BCUT2D eigenvalue weighted by Crippen LogP contribution is -2.43. The monoisotopic (exact) mass is 401 g/mol. The molecule has 1 aliphatic heterocycles. The molecule has 2 fully saturated rings. The summed E-state index contributed by atoms with van der Waals surface area (Å²) in [6.07, 6.45) is 10.0. The molecule has 0 N–H and O–H groups in total. The number of hydrogen-bond donors (Lipinski definition) is 0. The van der Waals surface area contributed by atoms with Crippen LogP contribution in [0.1, 0.15) is 24.1 Å². The molecule has 0 radical (unpaired) electrons. The van der Waals surface area contributed by atoms with E-state index in [2.05, 4.69) is 43.9 Å². The van der Waals surface area contributed by atoms with Gasteiger partial charge in [-0.3, -0.25) is 24.6 Å². The predicted octanol–water partition coefficient (Wildman–Crippen LogP) is 2.96. The third kappa shape index (κ3) is 4.40. The lowest BCUT2D eigenvalue weighted by atomic mass is 10.1. The van der Waals surface area contributed by atoms with Gasteiger partial charge < -0.3 is 4.90 Å². The molecule has 30 heavy (non-hydrogen) atoms. The first-order chi connectivity index (χ1) is 14.6. The molecule has 154 valence electrons. The van der Waals surface area contributed by atoms with Crippen molar-refractivity contribution in [3.05, 3.63) is 54.2 Å². The van der Waals surface area contributed by atoms with Gasteiger partial charge in [0, 0.05) is 86.5 Å². The zero-order chi connectivity index (χ0) is 20.5. The Morgan fingerprint density at radius 1 is 0.967 bits per heavy atom. The Morgan fingerprint density at radius 2 is 1.77 bits per heavy atom. The summed E-state index contributed by atoms with van der Waals surface area (Å²) in [4.78, 5) is 30.6. The average molecular weight is 402 g/mol. The van der Waals surface area contributed by atoms with Gasteiger partial charge in [0.2, 0.25) is 0 Å². The van der Waals surface area contributed by atoms with Crippen molar-refractivity contribution in [2.45, 2.75) is 25.8 Å². The highest BCUT2D eigenvalue weighted by molar-refractivity contribution is 5.88. The molecular formula is C24H27N5O. The highest BCUT2D eigenvalue weighted by Crippen LogP contribution is 2.31. The fraction of sp³-hybridized carbons (Fsp3) is 0.417. The van der Waals surface area contributed by atoms with Gasteiger partial charge in [-0.15, -0.1) is 0 Å².